The minimum atomic E-state index is 0. The molecule has 1 rings (SSSR count). The van der Waals surface area contributed by atoms with Gasteiger partial charge in [0.2, 0.25) is 0 Å². The molecule has 0 spiro atoms. The molecule has 1 heterocycles. The van der Waals surface area contributed by atoms with Crippen molar-refractivity contribution < 1.29 is 0 Å². The van der Waals surface area contributed by atoms with Crippen LogP contribution in [0.4, 0.5) is 5.82 Å². The molecule has 0 aliphatic carbocycles. The van der Waals surface area contributed by atoms with Crippen molar-refractivity contribution in [2.75, 3.05) is 5.73 Å². The Morgan fingerprint density at radius 1 is 1.00 bits per heavy atom. The Hall–Kier alpha value is -0.830. The number of rotatable bonds is 10. The van der Waals surface area contributed by atoms with Crippen molar-refractivity contribution in [1.82, 2.24) is 9.97 Å². The maximum atomic E-state index is 5.63. The van der Waals surface area contributed by atoms with Gasteiger partial charge < -0.3 is 5.73 Å². The number of nitrogen functional groups attached to an aromatic ring is 1. The van der Waals surface area contributed by atoms with Gasteiger partial charge in [-0.1, -0.05) is 58.8 Å². The van der Waals surface area contributed by atoms with Crippen molar-refractivity contribution in [3.05, 3.63) is 18.1 Å². The van der Waals surface area contributed by atoms with Gasteiger partial charge in [0, 0.05) is 12.6 Å². The van der Waals surface area contributed by atoms with Gasteiger partial charge >= 0.3 is 0 Å². The van der Waals surface area contributed by atoms with E-state index in [-0.39, 0.29) is 12.4 Å². The van der Waals surface area contributed by atoms with E-state index in [1.807, 2.05) is 0 Å². The molecular weight excluding hydrogens is 270 g/mol. The van der Waals surface area contributed by atoms with Crippen molar-refractivity contribution in [2.24, 2.45) is 5.92 Å². The van der Waals surface area contributed by atoms with Crippen LogP contribution in [-0.2, 0) is 6.42 Å². The molecule has 2 N–H and O–H groups in total. The van der Waals surface area contributed by atoms with Gasteiger partial charge in [-0.3, -0.25) is 0 Å². The first-order chi connectivity index (χ1) is 9.18. The van der Waals surface area contributed by atoms with E-state index in [0.717, 1.165) is 18.2 Å². The van der Waals surface area contributed by atoms with Crippen molar-refractivity contribution in [3.8, 4) is 0 Å². The van der Waals surface area contributed by atoms with Crippen molar-refractivity contribution in [1.29, 1.82) is 0 Å². The highest BCUT2D eigenvalue weighted by Gasteiger charge is 1.98. The zero-order chi connectivity index (χ0) is 13.9. The van der Waals surface area contributed by atoms with Crippen LogP contribution in [0.5, 0.6) is 0 Å². The predicted molar refractivity (Wildman–Crippen MR) is 89.2 cm³/mol. The van der Waals surface area contributed by atoms with Crippen molar-refractivity contribution >= 4 is 18.2 Å². The molecule has 4 heteroatoms. The summed E-state index contributed by atoms with van der Waals surface area (Å²) in [7, 11) is 0. The summed E-state index contributed by atoms with van der Waals surface area (Å²) in [6.45, 7) is 4.61. The fraction of sp³-hybridized carbons (Fsp3) is 0.750. The Kier molecular flexibility index (Phi) is 11.5. The van der Waals surface area contributed by atoms with Crippen LogP contribution in [0, 0.1) is 5.92 Å². The molecule has 0 saturated heterocycles. The van der Waals surface area contributed by atoms with Crippen LogP contribution in [0.25, 0.3) is 0 Å². The molecule has 1 aromatic rings. The fourth-order valence-electron chi connectivity index (χ4n) is 2.25. The third-order valence-electron chi connectivity index (χ3n) is 3.41. The highest BCUT2D eigenvalue weighted by atomic mass is 35.5. The van der Waals surface area contributed by atoms with Crippen LogP contribution in [0.1, 0.15) is 71.0 Å². The summed E-state index contributed by atoms with van der Waals surface area (Å²) in [6, 6.07) is 1.74. The Balaban J connectivity index is 0.00000361. The highest BCUT2D eigenvalue weighted by Crippen LogP contribution is 2.12. The van der Waals surface area contributed by atoms with Crippen LogP contribution < -0.4 is 5.73 Å². The third-order valence-corrected chi connectivity index (χ3v) is 3.41. The second-order valence-corrected chi connectivity index (χ2v) is 5.81. The number of aromatic nitrogens is 2. The molecule has 0 radical (unpaired) electrons. The summed E-state index contributed by atoms with van der Waals surface area (Å²) >= 11 is 0. The highest BCUT2D eigenvalue weighted by molar-refractivity contribution is 5.85. The summed E-state index contributed by atoms with van der Waals surface area (Å²) in [4.78, 5) is 8.44. The minimum absolute atomic E-state index is 0. The first kappa shape index (κ1) is 19.2. The first-order valence-corrected chi connectivity index (χ1v) is 7.76. The number of nitrogens with two attached hydrogens (primary N) is 1. The third kappa shape index (κ3) is 10.0. The van der Waals surface area contributed by atoms with Crippen molar-refractivity contribution in [2.45, 2.75) is 71.6 Å². The van der Waals surface area contributed by atoms with Gasteiger partial charge in [-0.25, -0.2) is 9.97 Å². The molecule has 3 nitrogen and oxygen atoms in total. The van der Waals surface area contributed by atoms with E-state index < -0.39 is 0 Å². The Morgan fingerprint density at radius 3 is 2.20 bits per heavy atom. The van der Waals surface area contributed by atoms with Gasteiger partial charge in [0.15, 0.2) is 0 Å². The number of unbranched alkanes of at least 4 members (excludes halogenated alkanes) is 6. The lowest BCUT2D eigenvalue weighted by Gasteiger charge is -2.04. The second kappa shape index (κ2) is 12.0. The number of hydrogen-bond acceptors (Lipinski definition) is 3. The summed E-state index contributed by atoms with van der Waals surface area (Å²) in [5.74, 6) is 2.32. The smallest absolute Gasteiger partial charge is 0.130 e. The monoisotopic (exact) mass is 299 g/mol. The van der Waals surface area contributed by atoms with E-state index in [0.29, 0.717) is 5.82 Å². The summed E-state index contributed by atoms with van der Waals surface area (Å²) in [6.07, 6.45) is 13.4. The number of anilines is 1. The number of aryl methyl sites for hydroxylation is 1. The molecule has 116 valence electrons. The van der Waals surface area contributed by atoms with E-state index in [9.17, 15) is 0 Å². The standard InChI is InChI=1S/C16H29N3.ClH/c1-14(2)10-8-6-4-3-5-7-9-11-16-18-13-12-15(17)19-16;/h12-14H,3-11H2,1-2H3,(H2,17,18,19);1H. The second-order valence-electron chi connectivity index (χ2n) is 5.81. The van der Waals surface area contributed by atoms with E-state index >= 15 is 0 Å². The molecule has 0 aliphatic rings. The zero-order valence-corrected chi connectivity index (χ0v) is 13.8. The molecule has 0 atom stereocenters. The molecule has 20 heavy (non-hydrogen) atoms. The topological polar surface area (TPSA) is 51.8 Å². The molecule has 0 saturated carbocycles. The Morgan fingerprint density at radius 2 is 1.60 bits per heavy atom. The summed E-state index contributed by atoms with van der Waals surface area (Å²) < 4.78 is 0. The number of nitrogens with zero attached hydrogens (tertiary/aromatic N) is 2. The Bertz CT molecular complexity index is 342. The van der Waals surface area contributed by atoms with E-state index in [1.165, 1.54) is 51.4 Å². The lowest BCUT2D eigenvalue weighted by Crippen LogP contribution is -1.98. The molecule has 0 bridgehead atoms. The van der Waals surface area contributed by atoms with E-state index in [2.05, 4.69) is 23.8 Å². The van der Waals surface area contributed by atoms with Crippen LogP contribution in [-0.4, -0.2) is 9.97 Å². The van der Waals surface area contributed by atoms with Crippen LogP contribution in [0.15, 0.2) is 12.3 Å². The first-order valence-electron chi connectivity index (χ1n) is 7.76. The minimum Gasteiger partial charge on any atom is -0.384 e. The average Bonchev–Trinajstić information content (AvgIpc) is 2.36. The molecule has 0 fully saturated rings. The maximum absolute atomic E-state index is 5.63. The molecule has 1 aromatic heterocycles. The zero-order valence-electron chi connectivity index (χ0n) is 13.0. The van der Waals surface area contributed by atoms with Gasteiger partial charge in [-0.2, -0.15) is 0 Å². The predicted octanol–water partition coefficient (Wildman–Crippen LogP) is 4.80. The maximum Gasteiger partial charge on any atom is 0.130 e. The fourth-order valence-corrected chi connectivity index (χ4v) is 2.25. The molecular formula is C16H30ClN3. The largest absolute Gasteiger partial charge is 0.384 e. The van der Waals surface area contributed by atoms with Crippen LogP contribution >= 0.6 is 12.4 Å². The number of halogens is 1. The summed E-state index contributed by atoms with van der Waals surface area (Å²) in [5, 5.41) is 0. The van der Waals surface area contributed by atoms with Gasteiger partial charge in [0.25, 0.3) is 0 Å². The average molecular weight is 300 g/mol. The quantitative estimate of drug-likeness (QED) is 0.631. The molecule has 0 aromatic carbocycles. The lowest BCUT2D eigenvalue weighted by atomic mass is 10.0. The molecule has 0 aliphatic heterocycles. The van der Waals surface area contributed by atoms with Gasteiger partial charge in [-0.05, 0) is 18.4 Å². The van der Waals surface area contributed by atoms with Gasteiger partial charge in [-0.15, -0.1) is 12.4 Å². The number of hydrogen-bond donors (Lipinski definition) is 1. The van der Waals surface area contributed by atoms with E-state index in [1.54, 1.807) is 12.3 Å². The van der Waals surface area contributed by atoms with Gasteiger partial charge in [0.05, 0.1) is 0 Å². The molecule has 0 amide bonds. The lowest BCUT2D eigenvalue weighted by molar-refractivity contribution is 0.508. The normalized spacial score (nSPS) is 10.6. The summed E-state index contributed by atoms with van der Waals surface area (Å²) in [5.41, 5.74) is 5.63. The van der Waals surface area contributed by atoms with Crippen molar-refractivity contribution in [3.63, 3.8) is 0 Å². The van der Waals surface area contributed by atoms with Crippen LogP contribution in [0.2, 0.25) is 0 Å². The SMILES string of the molecule is CC(C)CCCCCCCCCc1nccc(N)n1.Cl. The van der Waals surface area contributed by atoms with E-state index in [4.69, 9.17) is 5.73 Å². The van der Waals surface area contributed by atoms with Crippen LogP contribution in [0.3, 0.4) is 0 Å². The molecule has 0 unspecified atom stereocenters. The van der Waals surface area contributed by atoms with Gasteiger partial charge in [0.1, 0.15) is 11.6 Å². The Labute approximate surface area is 130 Å².